The molecule has 20 heavy (non-hydrogen) atoms. The molecule has 0 bridgehead atoms. The standard InChI is InChI=1S/C14H19Cl2N3O/c15-11-3-2-10(13(16)6-11)8-19-14(20)18-7-9-1-4-12(17)5-9/h2-3,6,9,12H,1,4-5,7-8,17H2,(H2,18,19,20)/t9-,12+/m0/s1. The normalized spacial score (nSPS) is 21.8. The van der Waals surface area contributed by atoms with Crippen LogP contribution in [0.4, 0.5) is 4.79 Å². The second-order valence-electron chi connectivity index (χ2n) is 5.24. The Bertz CT molecular complexity index is 481. The summed E-state index contributed by atoms with van der Waals surface area (Å²) in [5, 5.41) is 6.80. The van der Waals surface area contributed by atoms with E-state index in [1.165, 1.54) is 0 Å². The minimum Gasteiger partial charge on any atom is -0.338 e. The molecule has 2 atom stereocenters. The van der Waals surface area contributed by atoms with Gasteiger partial charge in [-0.15, -0.1) is 0 Å². The van der Waals surface area contributed by atoms with Gasteiger partial charge in [0.05, 0.1) is 0 Å². The van der Waals surface area contributed by atoms with E-state index < -0.39 is 0 Å². The van der Waals surface area contributed by atoms with Gasteiger partial charge >= 0.3 is 6.03 Å². The Hall–Kier alpha value is -0.970. The monoisotopic (exact) mass is 315 g/mol. The minimum absolute atomic E-state index is 0.184. The van der Waals surface area contributed by atoms with Crippen molar-refractivity contribution < 1.29 is 4.79 Å². The number of hydrogen-bond donors (Lipinski definition) is 3. The number of carbonyl (C=O) groups excluding carboxylic acids is 1. The lowest BCUT2D eigenvalue weighted by Crippen LogP contribution is -2.37. The third kappa shape index (κ3) is 4.54. The Balaban J connectivity index is 1.72. The fourth-order valence-electron chi connectivity index (χ4n) is 2.44. The van der Waals surface area contributed by atoms with Gasteiger partial charge in [-0.25, -0.2) is 4.79 Å². The van der Waals surface area contributed by atoms with Crippen LogP contribution in [-0.2, 0) is 6.54 Å². The molecular formula is C14H19Cl2N3O. The van der Waals surface area contributed by atoms with Gasteiger partial charge in [-0.1, -0.05) is 29.3 Å². The number of nitrogens with one attached hydrogen (secondary N) is 2. The van der Waals surface area contributed by atoms with Crippen LogP contribution >= 0.6 is 23.2 Å². The van der Waals surface area contributed by atoms with Crippen LogP contribution in [0.15, 0.2) is 18.2 Å². The van der Waals surface area contributed by atoms with Crippen LogP contribution in [0.3, 0.4) is 0 Å². The van der Waals surface area contributed by atoms with E-state index in [1.54, 1.807) is 18.2 Å². The number of urea groups is 1. The molecule has 1 saturated carbocycles. The first-order valence-corrected chi connectivity index (χ1v) is 7.51. The maximum Gasteiger partial charge on any atom is 0.315 e. The Labute approximate surface area is 129 Å². The van der Waals surface area contributed by atoms with Crippen molar-refractivity contribution in [2.24, 2.45) is 11.7 Å². The fraction of sp³-hybridized carbons (Fsp3) is 0.500. The highest BCUT2D eigenvalue weighted by Gasteiger charge is 2.21. The minimum atomic E-state index is -0.184. The Morgan fingerprint density at radius 2 is 2.10 bits per heavy atom. The molecule has 0 aliphatic heterocycles. The van der Waals surface area contributed by atoms with Crippen molar-refractivity contribution in [3.8, 4) is 0 Å². The number of rotatable bonds is 4. The van der Waals surface area contributed by atoms with Crippen LogP contribution in [0.25, 0.3) is 0 Å². The van der Waals surface area contributed by atoms with E-state index in [1.807, 2.05) is 0 Å². The summed E-state index contributed by atoms with van der Waals surface area (Å²) in [5.74, 6) is 0.495. The maximum absolute atomic E-state index is 11.7. The summed E-state index contributed by atoms with van der Waals surface area (Å²) in [4.78, 5) is 11.7. The zero-order valence-electron chi connectivity index (χ0n) is 11.2. The lowest BCUT2D eigenvalue weighted by molar-refractivity contribution is 0.238. The molecule has 2 rings (SSSR count). The van der Waals surface area contributed by atoms with Crippen molar-refractivity contribution in [3.63, 3.8) is 0 Å². The number of amides is 2. The van der Waals surface area contributed by atoms with Crippen LogP contribution in [0.2, 0.25) is 10.0 Å². The highest BCUT2D eigenvalue weighted by molar-refractivity contribution is 6.35. The van der Waals surface area contributed by atoms with E-state index in [-0.39, 0.29) is 12.1 Å². The van der Waals surface area contributed by atoms with E-state index in [2.05, 4.69) is 10.6 Å². The molecule has 4 nitrogen and oxygen atoms in total. The molecule has 0 aromatic heterocycles. The number of hydrogen-bond acceptors (Lipinski definition) is 2. The molecule has 0 heterocycles. The van der Waals surface area contributed by atoms with Crippen LogP contribution in [0.5, 0.6) is 0 Å². The highest BCUT2D eigenvalue weighted by atomic mass is 35.5. The SMILES string of the molecule is N[C@@H]1CC[C@H](CNC(=O)NCc2ccc(Cl)cc2Cl)C1. The zero-order valence-corrected chi connectivity index (χ0v) is 12.7. The quantitative estimate of drug-likeness (QED) is 0.799. The van der Waals surface area contributed by atoms with Gasteiger partial charge in [0.15, 0.2) is 0 Å². The maximum atomic E-state index is 11.7. The summed E-state index contributed by atoms with van der Waals surface area (Å²) >= 11 is 11.9. The first-order chi connectivity index (χ1) is 9.54. The molecular weight excluding hydrogens is 297 g/mol. The average molecular weight is 316 g/mol. The first kappa shape index (κ1) is 15.4. The topological polar surface area (TPSA) is 67.1 Å². The predicted molar refractivity (Wildman–Crippen MR) is 82.0 cm³/mol. The molecule has 0 saturated heterocycles. The van der Waals surface area contributed by atoms with E-state index in [0.717, 1.165) is 24.8 Å². The fourth-order valence-corrected chi connectivity index (χ4v) is 2.91. The van der Waals surface area contributed by atoms with Crippen molar-refractivity contribution in [1.29, 1.82) is 0 Å². The second-order valence-corrected chi connectivity index (χ2v) is 6.08. The van der Waals surface area contributed by atoms with Crippen molar-refractivity contribution in [1.82, 2.24) is 10.6 Å². The van der Waals surface area contributed by atoms with Crippen molar-refractivity contribution in [2.75, 3.05) is 6.54 Å². The molecule has 1 fully saturated rings. The van der Waals surface area contributed by atoms with Crippen LogP contribution in [-0.4, -0.2) is 18.6 Å². The third-order valence-corrected chi connectivity index (χ3v) is 4.17. The molecule has 0 spiro atoms. The van der Waals surface area contributed by atoms with E-state index in [9.17, 15) is 4.79 Å². The molecule has 1 aliphatic carbocycles. The summed E-state index contributed by atoms with van der Waals surface area (Å²) in [7, 11) is 0. The first-order valence-electron chi connectivity index (χ1n) is 6.76. The highest BCUT2D eigenvalue weighted by Crippen LogP contribution is 2.23. The van der Waals surface area contributed by atoms with Gasteiger partial charge in [-0.2, -0.15) is 0 Å². The number of halogens is 2. The Morgan fingerprint density at radius 1 is 1.30 bits per heavy atom. The molecule has 0 radical (unpaired) electrons. The summed E-state index contributed by atoms with van der Waals surface area (Å²) in [6.45, 7) is 1.06. The van der Waals surface area contributed by atoms with E-state index in [4.69, 9.17) is 28.9 Å². The van der Waals surface area contributed by atoms with Crippen LogP contribution < -0.4 is 16.4 Å². The van der Waals surface area contributed by atoms with Crippen LogP contribution in [0.1, 0.15) is 24.8 Å². The van der Waals surface area contributed by atoms with Gasteiger partial charge in [0.2, 0.25) is 0 Å². The van der Waals surface area contributed by atoms with Crippen molar-refractivity contribution in [3.05, 3.63) is 33.8 Å². The van der Waals surface area contributed by atoms with Gasteiger partial charge in [0, 0.05) is 29.2 Å². The molecule has 4 N–H and O–H groups in total. The molecule has 110 valence electrons. The second kappa shape index (κ2) is 7.16. The van der Waals surface area contributed by atoms with E-state index >= 15 is 0 Å². The molecule has 1 aliphatic rings. The molecule has 1 aromatic carbocycles. The van der Waals surface area contributed by atoms with Gasteiger partial charge in [-0.05, 0) is 42.9 Å². The lowest BCUT2D eigenvalue weighted by atomic mass is 10.1. The summed E-state index contributed by atoms with van der Waals surface area (Å²) in [6, 6.07) is 5.33. The average Bonchev–Trinajstić information content (AvgIpc) is 2.81. The van der Waals surface area contributed by atoms with Gasteiger partial charge in [0.25, 0.3) is 0 Å². The van der Waals surface area contributed by atoms with E-state index in [0.29, 0.717) is 29.1 Å². The Morgan fingerprint density at radius 3 is 2.75 bits per heavy atom. The Kier molecular flexibility index (Phi) is 5.52. The third-order valence-electron chi connectivity index (χ3n) is 3.59. The largest absolute Gasteiger partial charge is 0.338 e. The van der Waals surface area contributed by atoms with Gasteiger partial charge < -0.3 is 16.4 Å². The number of nitrogens with two attached hydrogens (primary N) is 1. The molecule has 2 amide bonds. The van der Waals surface area contributed by atoms with Crippen molar-refractivity contribution in [2.45, 2.75) is 31.8 Å². The number of carbonyl (C=O) groups is 1. The smallest absolute Gasteiger partial charge is 0.315 e. The van der Waals surface area contributed by atoms with Gasteiger partial charge in [-0.3, -0.25) is 0 Å². The molecule has 0 unspecified atom stereocenters. The van der Waals surface area contributed by atoms with Gasteiger partial charge in [0.1, 0.15) is 0 Å². The van der Waals surface area contributed by atoms with Crippen molar-refractivity contribution >= 4 is 29.2 Å². The molecule has 1 aromatic rings. The lowest BCUT2D eigenvalue weighted by Gasteiger charge is -2.12. The summed E-state index contributed by atoms with van der Waals surface area (Å²) in [6.07, 6.45) is 3.13. The number of benzene rings is 1. The molecule has 6 heteroatoms. The predicted octanol–water partition coefficient (Wildman–Crippen LogP) is 2.92. The summed E-state index contributed by atoms with van der Waals surface area (Å²) in [5.41, 5.74) is 6.68. The zero-order chi connectivity index (χ0) is 14.5. The summed E-state index contributed by atoms with van der Waals surface area (Å²) < 4.78 is 0. The van der Waals surface area contributed by atoms with Crippen LogP contribution in [0, 0.1) is 5.92 Å².